The van der Waals surface area contributed by atoms with Gasteiger partial charge < -0.3 is 4.74 Å². The molecule has 1 aromatic rings. The van der Waals surface area contributed by atoms with Gasteiger partial charge in [-0.05, 0) is 44.3 Å². The number of esters is 1. The zero-order chi connectivity index (χ0) is 23.2. The molecule has 1 N–H and O–H groups in total. The molecule has 0 radical (unpaired) electrons. The minimum atomic E-state index is -5.33. The highest BCUT2D eigenvalue weighted by atomic mass is 35.5. The third-order valence-corrected chi connectivity index (χ3v) is 4.46. The van der Waals surface area contributed by atoms with Gasteiger partial charge in [0.05, 0.1) is 28.4 Å². The molecule has 0 unspecified atom stereocenters. The molecule has 0 aromatic heterocycles. The predicted octanol–water partition coefficient (Wildman–Crippen LogP) is 3.26. The van der Waals surface area contributed by atoms with E-state index in [2.05, 4.69) is 0 Å². The molecular formula is C15H17ClFNO4S. The molecule has 5 nitrogen and oxygen atoms in total. The van der Waals surface area contributed by atoms with Crippen LogP contribution in [0.15, 0.2) is 29.8 Å². The predicted molar refractivity (Wildman–Crippen MR) is 86.3 cm³/mol. The van der Waals surface area contributed by atoms with E-state index in [0.29, 0.717) is 0 Å². The van der Waals surface area contributed by atoms with Gasteiger partial charge >= 0.3 is 5.97 Å². The van der Waals surface area contributed by atoms with E-state index >= 15 is 0 Å². The Kier molecular flexibility index (Phi) is 3.28. The molecule has 0 bridgehead atoms. The van der Waals surface area contributed by atoms with Gasteiger partial charge in [-0.3, -0.25) is 4.72 Å². The number of anilines is 1. The first kappa shape index (κ1) is 10.3. The zero-order valence-electron chi connectivity index (χ0n) is 18.9. The van der Waals surface area contributed by atoms with Gasteiger partial charge in [0.15, 0.2) is 1.41 Å². The molecule has 8 heteroatoms. The van der Waals surface area contributed by atoms with Gasteiger partial charge in [0, 0.05) is 2.74 Å². The van der Waals surface area contributed by atoms with Crippen LogP contribution in [-0.2, 0) is 19.6 Å². The van der Waals surface area contributed by atoms with Crippen LogP contribution in [0.25, 0.3) is 0 Å². The molecule has 1 aliphatic rings. The lowest BCUT2D eigenvalue weighted by molar-refractivity contribution is -0.138. The number of carbonyl (C=O) groups is 1. The van der Waals surface area contributed by atoms with Gasteiger partial charge in [-0.1, -0.05) is 17.7 Å². The van der Waals surface area contributed by atoms with E-state index in [1.807, 2.05) is 0 Å². The number of rotatable bonds is 5. The van der Waals surface area contributed by atoms with Crippen molar-refractivity contribution >= 4 is 33.3 Å². The number of carbonyl (C=O) groups excluding carboxylic acids is 1. The average Bonchev–Trinajstić information content (AvgIpc) is 2.64. The van der Waals surface area contributed by atoms with Crippen molar-refractivity contribution in [2.45, 2.75) is 31.4 Å². The molecule has 2 rings (SSSR count). The largest absolute Gasteiger partial charge is 0.463 e. The van der Waals surface area contributed by atoms with Gasteiger partial charge in [-0.25, -0.2) is 17.6 Å². The first-order valence-corrected chi connectivity index (χ1v) is 8.30. The normalized spacial score (nSPS) is 28.0. The zero-order valence-corrected chi connectivity index (χ0v) is 13.5. The number of hydrogen-bond acceptors (Lipinski definition) is 4. The fourth-order valence-electron chi connectivity index (χ4n) is 1.80. The summed E-state index contributed by atoms with van der Waals surface area (Å²) in [6, 6.07) is -3.44. The average molecular weight is 369 g/mol. The summed E-state index contributed by atoms with van der Waals surface area (Å²) in [4.78, 5) is 12.3. The molecule has 0 heterocycles. The topological polar surface area (TPSA) is 72.5 Å². The van der Waals surface area contributed by atoms with Crippen molar-refractivity contribution in [3.05, 3.63) is 40.6 Å². The maximum Gasteiger partial charge on any atom is 0.335 e. The standard InChI is InChI=1S/C15H17ClFNO4S/c1-2-22-15(19)11-5-3-4-6-14(11)23(20,21)18-13-8-7-10(17)9-12(13)16/h5,7-9,14,18H,2-4,6H2,1H3/t14-/m1/s1/i4D2,7D,8D,9D,14D/hD. The maximum absolute atomic E-state index is 13.8. The Labute approximate surface area is 149 Å². The van der Waals surface area contributed by atoms with Gasteiger partial charge in [0.25, 0.3) is 0 Å². The van der Waals surface area contributed by atoms with E-state index in [0.717, 1.165) is 6.08 Å². The Morgan fingerprint density at radius 2 is 2.43 bits per heavy atom. The second-order valence-corrected chi connectivity index (χ2v) is 6.31. The first-order valence-electron chi connectivity index (χ1n) is 9.93. The third-order valence-electron chi connectivity index (χ3n) is 2.77. The van der Waals surface area contributed by atoms with Crippen LogP contribution in [-0.4, -0.2) is 26.2 Å². The van der Waals surface area contributed by atoms with Crippen molar-refractivity contribution in [2.24, 2.45) is 0 Å². The third kappa shape index (κ3) is 4.23. The lowest BCUT2D eigenvalue weighted by Crippen LogP contribution is -2.34. The van der Waals surface area contributed by atoms with Crippen LogP contribution in [0, 0.1) is 5.82 Å². The fraction of sp³-hybridized carbons (Fsp3) is 0.400. The van der Waals surface area contributed by atoms with Crippen LogP contribution in [0.4, 0.5) is 10.1 Å². The number of hydrogen-bond donors (Lipinski definition) is 1. The molecule has 0 saturated heterocycles. The first-order chi connectivity index (χ1) is 13.6. The van der Waals surface area contributed by atoms with Crippen LogP contribution in [0.5, 0.6) is 0 Å². The number of benzene rings is 1. The lowest BCUT2D eigenvalue weighted by atomic mass is 9.99. The summed E-state index contributed by atoms with van der Waals surface area (Å²) in [6.45, 7) is 1.28. The molecular weight excluding hydrogens is 345 g/mol. The molecule has 0 saturated carbocycles. The second-order valence-electron chi connectivity index (χ2n) is 4.31. The number of halogens is 2. The van der Waals surface area contributed by atoms with E-state index in [9.17, 15) is 17.6 Å². The van der Waals surface area contributed by atoms with Crippen molar-refractivity contribution in [1.82, 2.24) is 0 Å². The lowest BCUT2D eigenvalue weighted by Gasteiger charge is -2.24. The van der Waals surface area contributed by atoms with Crippen molar-refractivity contribution < 1.29 is 32.0 Å². The Morgan fingerprint density at radius 3 is 3.13 bits per heavy atom. The SMILES string of the molecule is [2H]c1c([2H])c(N([2H])S(=O)(=O)[C@]2([2H])CC([2H])([2H])CC=C2C(=O)OCC)c(Cl)c([2H])c1F. The summed E-state index contributed by atoms with van der Waals surface area (Å²) in [7, 11) is -5.33. The van der Waals surface area contributed by atoms with Crippen LogP contribution < -0.4 is 4.72 Å². The second kappa shape index (κ2) is 7.31. The Bertz CT molecular complexity index is 1010. The van der Waals surface area contributed by atoms with E-state index in [1.165, 1.54) is 6.92 Å². The minimum Gasteiger partial charge on any atom is -0.463 e. The molecule has 23 heavy (non-hydrogen) atoms. The maximum atomic E-state index is 13.8. The quantitative estimate of drug-likeness (QED) is 0.809. The van der Waals surface area contributed by atoms with Crippen LogP contribution >= 0.6 is 11.6 Å². The Morgan fingerprint density at radius 1 is 1.70 bits per heavy atom. The molecule has 1 atom stereocenters. The van der Waals surface area contributed by atoms with Crippen LogP contribution in [0.1, 0.15) is 34.4 Å². The molecule has 1 aromatic carbocycles. The minimum absolute atomic E-state index is 0.158. The van der Waals surface area contributed by atoms with Crippen LogP contribution in [0.3, 0.4) is 0 Å². The van der Waals surface area contributed by atoms with E-state index < -0.39 is 79.0 Å². The number of allylic oxidation sites excluding steroid dienone is 1. The van der Waals surface area contributed by atoms with Crippen molar-refractivity contribution in [2.75, 3.05) is 11.3 Å². The molecule has 0 aliphatic heterocycles. The highest BCUT2D eigenvalue weighted by molar-refractivity contribution is 7.93. The van der Waals surface area contributed by atoms with Gasteiger partial charge in [-0.15, -0.1) is 0 Å². The van der Waals surface area contributed by atoms with Crippen LogP contribution in [0.2, 0.25) is 6.43 Å². The van der Waals surface area contributed by atoms with Gasteiger partial charge in [0.1, 0.15) is 11.0 Å². The monoisotopic (exact) mass is 368 g/mol. The summed E-state index contributed by atoms with van der Waals surface area (Å²) in [6.07, 6.45) is -2.76. The van der Waals surface area contributed by atoms with Gasteiger partial charge in [-0.2, -0.15) is 0 Å². The number of nitrogens with one attached hydrogen (secondary N) is 1. The Hall–Kier alpha value is -1.60. The molecule has 0 fully saturated rings. The van der Waals surface area contributed by atoms with Gasteiger partial charge in [0.2, 0.25) is 10.0 Å². The summed E-state index contributed by atoms with van der Waals surface area (Å²) < 4.78 is 99.6. The summed E-state index contributed by atoms with van der Waals surface area (Å²) in [5, 5.41) is -4.01. The Balaban J connectivity index is 2.73. The molecule has 1 aliphatic carbocycles. The number of ether oxygens (including phenoxy) is 1. The summed E-state index contributed by atoms with van der Waals surface area (Å²) >= 11 is 5.77. The van der Waals surface area contributed by atoms with Crippen molar-refractivity contribution in [3.8, 4) is 0 Å². The summed E-state index contributed by atoms with van der Waals surface area (Å²) in [5.74, 6) is -2.69. The van der Waals surface area contributed by atoms with Crippen molar-refractivity contribution in [1.29, 1.82) is 0 Å². The molecule has 0 amide bonds. The van der Waals surface area contributed by atoms with E-state index in [-0.39, 0.29) is 13.0 Å². The number of sulfonamides is 1. The highest BCUT2D eigenvalue weighted by Crippen LogP contribution is 2.30. The highest BCUT2D eigenvalue weighted by Gasteiger charge is 2.35. The van der Waals surface area contributed by atoms with E-state index in [4.69, 9.17) is 26.0 Å². The fourth-order valence-corrected chi connectivity index (χ4v) is 3.24. The molecule has 126 valence electrons. The molecule has 0 spiro atoms. The van der Waals surface area contributed by atoms with E-state index in [1.54, 1.807) is 0 Å². The summed E-state index contributed by atoms with van der Waals surface area (Å²) in [5.41, 5.74) is -1.78. The van der Waals surface area contributed by atoms with Crippen molar-refractivity contribution in [3.63, 3.8) is 0 Å². The smallest absolute Gasteiger partial charge is 0.335 e.